The Labute approximate surface area is 112 Å². The molecule has 1 heterocycles. The normalized spacial score (nSPS) is 10.8. The van der Waals surface area contributed by atoms with Gasteiger partial charge < -0.3 is 5.11 Å². The first-order valence-electron chi connectivity index (χ1n) is 5.09. The van der Waals surface area contributed by atoms with Crippen LogP contribution in [0.3, 0.4) is 0 Å². The maximum atomic E-state index is 9.23. The molecule has 0 atom stereocenters. The van der Waals surface area contributed by atoms with Gasteiger partial charge in [-0.3, -0.25) is 9.67 Å². The Balaban J connectivity index is 2.69. The molecule has 0 aliphatic rings. The summed E-state index contributed by atoms with van der Waals surface area (Å²) < 4.78 is 3.30. The van der Waals surface area contributed by atoms with Crippen molar-refractivity contribution < 1.29 is 5.11 Å². The number of rotatable bonds is 2. The van der Waals surface area contributed by atoms with Crippen LogP contribution in [0.25, 0.3) is 5.69 Å². The number of hydrogen-bond acceptors (Lipinski definition) is 3. The van der Waals surface area contributed by atoms with Crippen molar-refractivity contribution >= 4 is 28.1 Å². The first kappa shape index (κ1) is 12.5. The fourth-order valence-corrected chi connectivity index (χ4v) is 2.24. The van der Waals surface area contributed by atoms with Crippen LogP contribution in [0.4, 0.5) is 0 Å². The smallest absolute Gasteiger partial charge is 0.199 e. The maximum absolute atomic E-state index is 9.23. The minimum Gasteiger partial charge on any atom is -0.388 e. The Morgan fingerprint density at radius 1 is 1.41 bits per heavy atom. The summed E-state index contributed by atoms with van der Waals surface area (Å²) in [5.74, 6) is 0.510. The summed E-state index contributed by atoms with van der Waals surface area (Å²) in [7, 11) is 0. The molecule has 0 radical (unpaired) electrons. The van der Waals surface area contributed by atoms with E-state index in [4.69, 9.17) is 12.2 Å². The maximum Gasteiger partial charge on any atom is 0.199 e. The summed E-state index contributed by atoms with van der Waals surface area (Å²) >= 11 is 8.69. The quantitative estimate of drug-likeness (QED) is 0.838. The van der Waals surface area contributed by atoms with Crippen molar-refractivity contribution in [3.8, 4) is 5.69 Å². The van der Waals surface area contributed by atoms with Gasteiger partial charge in [-0.05, 0) is 49.3 Å². The van der Waals surface area contributed by atoms with Gasteiger partial charge in [-0.15, -0.1) is 0 Å². The molecule has 1 aromatic carbocycles. The molecule has 0 unspecified atom stereocenters. The van der Waals surface area contributed by atoms with Gasteiger partial charge in [0, 0.05) is 4.47 Å². The van der Waals surface area contributed by atoms with Crippen LogP contribution in [0.2, 0.25) is 0 Å². The van der Waals surface area contributed by atoms with Crippen LogP contribution in [-0.4, -0.2) is 19.9 Å². The summed E-state index contributed by atoms with van der Waals surface area (Å²) in [5.41, 5.74) is 3.14. The number of nitrogens with zero attached hydrogens (tertiary/aromatic N) is 2. The van der Waals surface area contributed by atoms with E-state index in [0.29, 0.717) is 10.6 Å². The first-order chi connectivity index (χ1) is 8.04. The number of H-pyrrole nitrogens is 1. The summed E-state index contributed by atoms with van der Waals surface area (Å²) in [6.45, 7) is 3.88. The van der Waals surface area contributed by atoms with Crippen molar-refractivity contribution in [1.82, 2.24) is 14.8 Å². The zero-order valence-electron chi connectivity index (χ0n) is 9.49. The zero-order valence-corrected chi connectivity index (χ0v) is 11.9. The number of benzene rings is 1. The van der Waals surface area contributed by atoms with E-state index >= 15 is 0 Å². The second-order valence-electron chi connectivity index (χ2n) is 3.83. The minimum absolute atomic E-state index is 0.151. The lowest BCUT2D eigenvalue weighted by Crippen LogP contribution is -2.02. The topological polar surface area (TPSA) is 53.8 Å². The molecule has 0 spiro atoms. The Kier molecular flexibility index (Phi) is 3.46. The van der Waals surface area contributed by atoms with E-state index < -0.39 is 0 Å². The lowest BCUT2D eigenvalue weighted by molar-refractivity contribution is 0.269. The van der Waals surface area contributed by atoms with Gasteiger partial charge in [-0.2, -0.15) is 5.10 Å². The highest BCUT2D eigenvalue weighted by Gasteiger charge is 2.09. The molecular formula is C11H12BrN3OS. The van der Waals surface area contributed by atoms with Crippen molar-refractivity contribution in [2.75, 3.05) is 0 Å². The van der Waals surface area contributed by atoms with Crippen LogP contribution >= 0.6 is 28.1 Å². The summed E-state index contributed by atoms with van der Waals surface area (Å²) in [4.78, 5) is 0. The molecule has 0 aliphatic heterocycles. The molecule has 0 fully saturated rings. The molecule has 1 aromatic heterocycles. The van der Waals surface area contributed by atoms with Crippen molar-refractivity contribution in [3.05, 3.63) is 38.3 Å². The van der Waals surface area contributed by atoms with Crippen molar-refractivity contribution in [2.45, 2.75) is 20.5 Å². The van der Waals surface area contributed by atoms with Gasteiger partial charge in [0.05, 0.1) is 5.69 Å². The van der Waals surface area contributed by atoms with Crippen LogP contribution in [0, 0.1) is 18.6 Å². The molecule has 4 nitrogen and oxygen atoms in total. The van der Waals surface area contributed by atoms with Crippen molar-refractivity contribution in [2.24, 2.45) is 0 Å². The van der Waals surface area contributed by atoms with Crippen LogP contribution in [0.5, 0.6) is 0 Å². The van der Waals surface area contributed by atoms with Crippen LogP contribution in [-0.2, 0) is 6.61 Å². The molecule has 2 aromatic rings. The number of aromatic amines is 1. The van der Waals surface area contributed by atoms with Gasteiger partial charge in [-0.25, -0.2) is 0 Å². The summed E-state index contributed by atoms with van der Waals surface area (Å²) in [5, 5.41) is 15.9. The van der Waals surface area contributed by atoms with Gasteiger partial charge in [0.25, 0.3) is 0 Å². The van der Waals surface area contributed by atoms with E-state index in [9.17, 15) is 5.11 Å². The second-order valence-corrected chi connectivity index (χ2v) is 5.01. The predicted octanol–water partition coefficient (Wildman–Crippen LogP) is 2.80. The highest BCUT2D eigenvalue weighted by Crippen LogP contribution is 2.25. The molecule has 17 heavy (non-hydrogen) atoms. The SMILES string of the molecule is Cc1cc(-n2c(CO)n[nH]c2=S)cc(C)c1Br. The van der Waals surface area contributed by atoms with Crippen molar-refractivity contribution in [1.29, 1.82) is 0 Å². The molecule has 0 bridgehead atoms. The fraction of sp³-hybridized carbons (Fsp3) is 0.273. The van der Waals surface area contributed by atoms with Gasteiger partial charge in [0.1, 0.15) is 6.61 Å². The Hall–Kier alpha value is -0.980. The Morgan fingerprint density at radius 2 is 2.00 bits per heavy atom. The van der Waals surface area contributed by atoms with Gasteiger partial charge in [0.2, 0.25) is 0 Å². The average molecular weight is 314 g/mol. The molecule has 6 heteroatoms. The number of aliphatic hydroxyl groups excluding tert-OH is 1. The van der Waals surface area contributed by atoms with Gasteiger partial charge in [-0.1, -0.05) is 15.9 Å². The van der Waals surface area contributed by atoms with Gasteiger partial charge in [0.15, 0.2) is 10.6 Å². The highest BCUT2D eigenvalue weighted by molar-refractivity contribution is 9.10. The van der Waals surface area contributed by atoms with Crippen LogP contribution in [0.15, 0.2) is 16.6 Å². The highest BCUT2D eigenvalue weighted by atomic mass is 79.9. The van der Waals surface area contributed by atoms with Gasteiger partial charge >= 0.3 is 0 Å². The molecule has 0 saturated carbocycles. The Morgan fingerprint density at radius 3 is 2.53 bits per heavy atom. The number of halogens is 1. The monoisotopic (exact) mass is 313 g/mol. The zero-order chi connectivity index (χ0) is 12.6. The average Bonchev–Trinajstić information content (AvgIpc) is 2.66. The van der Waals surface area contributed by atoms with E-state index in [2.05, 4.69) is 26.1 Å². The molecule has 0 saturated heterocycles. The number of hydrogen-bond donors (Lipinski definition) is 2. The minimum atomic E-state index is -0.151. The number of aromatic nitrogens is 3. The molecular weight excluding hydrogens is 302 g/mol. The number of aliphatic hydroxyl groups is 1. The van der Waals surface area contributed by atoms with E-state index in [1.807, 2.05) is 26.0 Å². The van der Waals surface area contributed by atoms with Crippen molar-refractivity contribution in [3.63, 3.8) is 0 Å². The molecule has 2 rings (SSSR count). The molecule has 90 valence electrons. The van der Waals surface area contributed by atoms with E-state index in [0.717, 1.165) is 21.3 Å². The number of nitrogens with one attached hydrogen (secondary N) is 1. The summed E-state index contributed by atoms with van der Waals surface area (Å²) in [6.07, 6.45) is 0. The van der Waals surface area contributed by atoms with E-state index in [-0.39, 0.29) is 6.61 Å². The van der Waals surface area contributed by atoms with E-state index in [1.54, 1.807) is 4.57 Å². The lowest BCUT2D eigenvalue weighted by Gasteiger charge is -2.10. The van der Waals surface area contributed by atoms with Crippen LogP contribution in [0.1, 0.15) is 17.0 Å². The second kappa shape index (κ2) is 4.72. The standard InChI is InChI=1S/C11H12BrN3OS/c1-6-3-8(4-7(2)10(6)12)15-9(5-16)13-14-11(15)17/h3-4,16H,5H2,1-2H3,(H,14,17). The Bertz CT molecular complexity index is 594. The fourth-order valence-electron chi connectivity index (χ4n) is 1.75. The first-order valence-corrected chi connectivity index (χ1v) is 6.29. The lowest BCUT2D eigenvalue weighted by atomic mass is 10.1. The third kappa shape index (κ3) is 2.20. The molecule has 2 N–H and O–H groups in total. The largest absolute Gasteiger partial charge is 0.388 e. The summed E-state index contributed by atoms with van der Waals surface area (Å²) in [6, 6.07) is 4.00. The predicted molar refractivity (Wildman–Crippen MR) is 71.8 cm³/mol. The van der Waals surface area contributed by atoms with Crippen LogP contribution < -0.4 is 0 Å². The molecule has 0 amide bonds. The third-order valence-electron chi connectivity index (χ3n) is 2.56. The third-order valence-corrected chi connectivity index (χ3v) is 4.09. The van der Waals surface area contributed by atoms with E-state index in [1.165, 1.54) is 0 Å². The molecule has 0 aliphatic carbocycles. The number of aryl methyl sites for hydroxylation is 2.